The summed E-state index contributed by atoms with van der Waals surface area (Å²) in [7, 11) is 1.82. The maximum atomic E-state index is 12.6. The fraction of sp³-hybridized carbons (Fsp3) is 0.333. The molecule has 5 heteroatoms. The lowest BCUT2D eigenvalue weighted by atomic mass is 10.0. The smallest absolute Gasteiger partial charge is 0.309 e. The van der Waals surface area contributed by atoms with Crippen molar-refractivity contribution in [1.29, 1.82) is 0 Å². The Morgan fingerprint density at radius 1 is 1.10 bits per heavy atom. The third kappa shape index (κ3) is 3.04. The van der Waals surface area contributed by atoms with E-state index in [0.29, 0.717) is 0 Å². The monoisotopic (exact) mass is 299 g/mol. The third-order valence-corrected chi connectivity index (χ3v) is 4.42. The van der Waals surface area contributed by atoms with Gasteiger partial charge in [0.25, 0.3) is 0 Å². The van der Waals surface area contributed by atoms with Crippen molar-refractivity contribution < 1.29 is 13.2 Å². The molecule has 1 nitrogen and oxygen atoms in total. The van der Waals surface area contributed by atoms with Gasteiger partial charge in [0.05, 0.1) is 11.6 Å². The van der Waals surface area contributed by atoms with Crippen LogP contribution in [0.2, 0.25) is 0 Å². The highest BCUT2D eigenvalue weighted by molar-refractivity contribution is 7.12. The normalized spacial score (nSPS) is 13.5. The highest BCUT2D eigenvalue weighted by Gasteiger charge is 2.30. The molecule has 1 N–H and O–H groups in total. The van der Waals surface area contributed by atoms with Crippen molar-refractivity contribution in [2.45, 2.75) is 26.1 Å². The Bertz CT molecular complexity index is 584. The molecular weight excluding hydrogens is 283 g/mol. The first-order valence-electron chi connectivity index (χ1n) is 6.24. The number of hydrogen-bond donors (Lipinski definition) is 1. The maximum Gasteiger partial charge on any atom is 0.416 e. The first kappa shape index (κ1) is 15.1. The van der Waals surface area contributed by atoms with Crippen molar-refractivity contribution in [3.05, 3.63) is 56.8 Å². The zero-order chi connectivity index (χ0) is 14.9. The quantitative estimate of drug-likeness (QED) is 0.866. The molecule has 1 unspecified atom stereocenters. The lowest BCUT2D eigenvalue weighted by molar-refractivity contribution is -0.137. The van der Waals surface area contributed by atoms with Gasteiger partial charge in [-0.15, -0.1) is 11.3 Å². The Morgan fingerprint density at radius 2 is 1.70 bits per heavy atom. The molecule has 0 bridgehead atoms. The van der Waals surface area contributed by atoms with Crippen LogP contribution in [0.1, 0.15) is 32.5 Å². The summed E-state index contributed by atoms with van der Waals surface area (Å²) in [6, 6.07) is 7.37. The van der Waals surface area contributed by atoms with Crippen LogP contribution in [0, 0.1) is 13.8 Å². The number of aryl methyl sites for hydroxylation is 2. The zero-order valence-corrected chi connectivity index (χ0v) is 12.3. The van der Waals surface area contributed by atoms with Gasteiger partial charge in [-0.1, -0.05) is 12.1 Å². The lowest BCUT2D eigenvalue weighted by Crippen LogP contribution is -2.17. The van der Waals surface area contributed by atoms with Crippen molar-refractivity contribution in [1.82, 2.24) is 5.32 Å². The van der Waals surface area contributed by atoms with Gasteiger partial charge in [0.1, 0.15) is 0 Å². The van der Waals surface area contributed by atoms with Crippen molar-refractivity contribution in [3.8, 4) is 0 Å². The summed E-state index contributed by atoms with van der Waals surface area (Å²) in [5.41, 5.74) is 1.38. The van der Waals surface area contributed by atoms with Gasteiger partial charge in [-0.3, -0.25) is 0 Å². The van der Waals surface area contributed by atoms with Crippen LogP contribution in [0.25, 0.3) is 0 Å². The number of halogens is 3. The van der Waals surface area contributed by atoms with Crippen LogP contribution >= 0.6 is 11.3 Å². The number of nitrogens with one attached hydrogen (secondary N) is 1. The molecule has 0 aliphatic heterocycles. The molecule has 0 aliphatic carbocycles. The summed E-state index contributed by atoms with van der Waals surface area (Å²) in [5.74, 6) is 0. The van der Waals surface area contributed by atoms with Gasteiger partial charge in [-0.05, 0) is 50.2 Å². The van der Waals surface area contributed by atoms with Crippen molar-refractivity contribution in [3.63, 3.8) is 0 Å². The van der Waals surface area contributed by atoms with E-state index >= 15 is 0 Å². The van der Waals surface area contributed by atoms with Crippen LogP contribution in [0.15, 0.2) is 30.3 Å². The van der Waals surface area contributed by atoms with Gasteiger partial charge in [-0.25, -0.2) is 0 Å². The van der Waals surface area contributed by atoms with Crippen LogP contribution in [0.5, 0.6) is 0 Å². The average molecular weight is 299 g/mol. The molecule has 0 radical (unpaired) electrons. The van der Waals surface area contributed by atoms with Crippen molar-refractivity contribution in [2.75, 3.05) is 7.05 Å². The van der Waals surface area contributed by atoms with E-state index in [9.17, 15) is 13.2 Å². The predicted molar refractivity (Wildman–Crippen MR) is 76.1 cm³/mol. The Labute approximate surface area is 120 Å². The SMILES string of the molecule is CNC(c1ccc(C(F)(F)F)cc1)c1sc(C)cc1C. The molecule has 2 aromatic rings. The maximum absolute atomic E-state index is 12.6. The van der Waals surface area contributed by atoms with Gasteiger partial charge >= 0.3 is 6.18 Å². The van der Waals surface area contributed by atoms with Crippen molar-refractivity contribution in [2.24, 2.45) is 0 Å². The number of benzene rings is 1. The van der Waals surface area contributed by atoms with Crippen molar-refractivity contribution >= 4 is 11.3 Å². The first-order chi connectivity index (χ1) is 9.32. The molecule has 1 aromatic carbocycles. The van der Waals surface area contributed by atoms with E-state index in [4.69, 9.17) is 0 Å². The molecule has 0 aliphatic rings. The number of alkyl halides is 3. The van der Waals surface area contributed by atoms with Crippen LogP contribution in [0.4, 0.5) is 13.2 Å². The summed E-state index contributed by atoms with van der Waals surface area (Å²) in [5, 5.41) is 3.18. The summed E-state index contributed by atoms with van der Waals surface area (Å²) in [6.45, 7) is 4.05. The van der Waals surface area contributed by atoms with Crippen LogP contribution in [-0.4, -0.2) is 7.05 Å². The molecule has 2 rings (SSSR count). The van der Waals surface area contributed by atoms with E-state index in [1.165, 1.54) is 4.88 Å². The Kier molecular flexibility index (Phi) is 4.20. The molecule has 0 fully saturated rings. The fourth-order valence-electron chi connectivity index (χ4n) is 2.26. The van der Waals surface area contributed by atoms with E-state index in [1.807, 2.05) is 20.9 Å². The Morgan fingerprint density at radius 3 is 2.10 bits per heavy atom. The molecule has 0 saturated heterocycles. The number of thiophene rings is 1. The molecule has 0 saturated carbocycles. The molecule has 20 heavy (non-hydrogen) atoms. The van der Waals surface area contributed by atoms with E-state index in [1.54, 1.807) is 23.5 Å². The van der Waals surface area contributed by atoms with Gasteiger partial charge in [0.15, 0.2) is 0 Å². The first-order valence-corrected chi connectivity index (χ1v) is 7.06. The standard InChI is InChI=1S/C15H16F3NS/c1-9-8-10(2)20-14(9)13(19-3)11-4-6-12(7-5-11)15(16,17)18/h4-8,13,19H,1-3H3. The minimum absolute atomic E-state index is 0.0732. The predicted octanol–water partition coefficient (Wildman–Crippen LogP) is 4.69. The van der Waals surface area contributed by atoms with Gasteiger partial charge < -0.3 is 5.32 Å². The van der Waals surface area contributed by atoms with E-state index in [2.05, 4.69) is 11.4 Å². The second-order valence-electron chi connectivity index (χ2n) is 4.75. The highest BCUT2D eigenvalue weighted by atomic mass is 32.1. The third-order valence-electron chi connectivity index (χ3n) is 3.20. The Hall–Kier alpha value is -1.33. The van der Waals surface area contributed by atoms with E-state index in [-0.39, 0.29) is 6.04 Å². The molecule has 0 spiro atoms. The summed E-state index contributed by atoms with van der Waals surface area (Å²) in [4.78, 5) is 2.34. The Balaban J connectivity index is 2.35. The summed E-state index contributed by atoms with van der Waals surface area (Å²) >= 11 is 1.67. The second kappa shape index (κ2) is 5.58. The van der Waals surface area contributed by atoms with E-state index < -0.39 is 11.7 Å². The minimum Gasteiger partial charge on any atom is -0.309 e. The molecule has 108 valence electrons. The highest BCUT2D eigenvalue weighted by Crippen LogP contribution is 2.34. The number of hydrogen-bond acceptors (Lipinski definition) is 2. The topological polar surface area (TPSA) is 12.0 Å². The largest absolute Gasteiger partial charge is 0.416 e. The van der Waals surface area contributed by atoms with Gasteiger partial charge in [-0.2, -0.15) is 13.2 Å². The van der Waals surface area contributed by atoms with Gasteiger partial charge in [0.2, 0.25) is 0 Å². The fourth-order valence-corrected chi connectivity index (χ4v) is 3.43. The molecule has 1 aromatic heterocycles. The number of rotatable bonds is 3. The molecule has 0 amide bonds. The second-order valence-corrected chi connectivity index (χ2v) is 6.03. The van der Waals surface area contributed by atoms with E-state index in [0.717, 1.165) is 28.1 Å². The lowest BCUT2D eigenvalue weighted by Gasteiger charge is -2.17. The summed E-state index contributed by atoms with van der Waals surface area (Å²) < 4.78 is 37.7. The van der Waals surface area contributed by atoms with Crippen LogP contribution in [0.3, 0.4) is 0 Å². The molecule has 1 heterocycles. The minimum atomic E-state index is -4.29. The van der Waals surface area contributed by atoms with Gasteiger partial charge in [0, 0.05) is 9.75 Å². The van der Waals surface area contributed by atoms with Crippen LogP contribution in [-0.2, 0) is 6.18 Å². The molecule has 1 atom stereocenters. The molecular formula is C15H16F3NS. The van der Waals surface area contributed by atoms with Crippen LogP contribution < -0.4 is 5.32 Å². The average Bonchev–Trinajstić information content (AvgIpc) is 2.69. The zero-order valence-electron chi connectivity index (χ0n) is 11.5. The summed E-state index contributed by atoms with van der Waals surface area (Å²) in [6.07, 6.45) is -4.29.